The zero-order chi connectivity index (χ0) is 21.8. The van der Waals surface area contributed by atoms with Crippen molar-refractivity contribution in [3.05, 3.63) is 66.0 Å². The van der Waals surface area contributed by atoms with Crippen molar-refractivity contribution in [3.8, 4) is 0 Å². The highest BCUT2D eigenvalue weighted by Crippen LogP contribution is 2.13. The van der Waals surface area contributed by atoms with Crippen LogP contribution in [0.1, 0.15) is 51.2 Å². The van der Waals surface area contributed by atoms with Crippen molar-refractivity contribution >= 4 is 12.0 Å². The molecular formula is C24H33N3O3. The van der Waals surface area contributed by atoms with Gasteiger partial charge in [-0.1, -0.05) is 36.4 Å². The molecule has 162 valence electrons. The zero-order valence-electron chi connectivity index (χ0n) is 18.3. The Balaban J connectivity index is 1.74. The van der Waals surface area contributed by atoms with Gasteiger partial charge in [0, 0.05) is 31.9 Å². The van der Waals surface area contributed by atoms with Crippen LogP contribution in [-0.2, 0) is 22.5 Å². The van der Waals surface area contributed by atoms with E-state index in [9.17, 15) is 9.59 Å². The molecule has 1 aromatic carbocycles. The minimum Gasteiger partial charge on any atom is -0.444 e. The molecule has 0 atom stereocenters. The number of nitrogens with zero attached hydrogens (tertiary/aromatic N) is 2. The Labute approximate surface area is 179 Å². The topological polar surface area (TPSA) is 71.5 Å². The normalized spacial score (nSPS) is 11.0. The van der Waals surface area contributed by atoms with Crippen molar-refractivity contribution in [1.82, 2.24) is 15.2 Å². The van der Waals surface area contributed by atoms with Crippen LogP contribution in [0.5, 0.6) is 0 Å². The first-order valence-corrected chi connectivity index (χ1v) is 10.5. The number of aryl methyl sites for hydroxylation is 1. The summed E-state index contributed by atoms with van der Waals surface area (Å²) in [6.45, 7) is 6.99. The Morgan fingerprint density at radius 1 is 1.03 bits per heavy atom. The summed E-state index contributed by atoms with van der Waals surface area (Å²) in [6, 6.07) is 13.9. The van der Waals surface area contributed by atoms with Crippen LogP contribution in [0, 0.1) is 0 Å². The summed E-state index contributed by atoms with van der Waals surface area (Å²) in [5.41, 5.74) is 1.62. The summed E-state index contributed by atoms with van der Waals surface area (Å²) in [7, 11) is 0. The summed E-state index contributed by atoms with van der Waals surface area (Å²) in [6.07, 6.45) is 5.96. The fourth-order valence-corrected chi connectivity index (χ4v) is 2.96. The molecule has 0 aliphatic rings. The minimum absolute atomic E-state index is 0.0435. The van der Waals surface area contributed by atoms with Gasteiger partial charge in [-0.2, -0.15) is 0 Å². The van der Waals surface area contributed by atoms with Crippen molar-refractivity contribution in [1.29, 1.82) is 0 Å². The molecule has 0 bridgehead atoms. The molecule has 0 fully saturated rings. The van der Waals surface area contributed by atoms with Crippen LogP contribution in [0.3, 0.4) is 0 Å². The third-order valence-electron chi connectivity index (χ3n) is 4.39. The van der Waals surface area contributed by atoms with E-state index in [0.29, 0.717) is 32.5 Å². The van der Waals surface area contributed by atoms with Gasteiger partial charge >= 0.3 is 6.09 Å². The molecule has 2 rings (SSSR count). The molecule has 6 nitrogen and oxygen atoms in total. The Bertz CT molecular complexity index is 773. The second kappa shape index (κ2) is 12.0. The van der Waals surface area contributed by atoms with E-state index in [1.807, 2.05) is 51.1 Å². The highest BCUT2D eigenvalue weighted by molar-refractivity contribution is 5.75. The maximum atomic E-state index is 12.6. The number of carbonyl (C=O) groups excluding carboxylic acids is 2. The van der Waals surface area contributed by atoms with E-state index in [0.717, 1.165) is 18.4 Å². The molecule has 0 aliphatic heterocycles. The van der Waals surface area contributed by atoms with Crippen LogP contribution in [-0.4, -0.2) is 40.6 Å². The van der Waals surface area contributed by atoms with E-state index in [-0.39, 0.29) is 12.0 Å². The summed E-state index contributed by atoms with van der Waals surface area (Å²) in [4.78, 5) is 30.4. The molecule has 6 heteroatoms. The first-order chi connectivity index (χ1) is 14.3. The van der Waals surface area contributed by atoms with Gasteiger partial charge < -0.3 is 15.0 Å². The summed E-state index contributed by atoms with van der Waals surface area (Å²) < 4.78 is 5.52. The number of carbonyl (C=O) groups is 2. The van der Waals surface area contributed by atoms with Gasteiger partial charge in [0.05, 0.1) is 6.54 Å². The molecule has 1 aromatic heterocycles. The molecule has 0 unspecified atom stereocenters. The van der Waals surface area contributed by atoms with Crippen LogP contribution >= 0.6 is 0 Å². The van der Waals surface area contributed by atoms with Gasteiger partial charge in [0.25, 0.3) is 0 Å². The monoisotopic (exact) mass is 411 g/mol. The van der Waals surface area contributed by atoms with Gasteiger partial charge in [-0.05, 0) is 57.2 Å². The number of aromatic nitrogens is 1. The van der Waals surface area contributed by atoms with Gasteiger partial charge in [0.1, 0.15) is 5.60 Å². The first-order valence-electron chi connectivity index (χ1n) is 10.5. The maximum absolute atomic E-state index is 12.6. The standard InChI is InChI=1S/C24H33N3O3/c1-24(2,3)30-23(29)27(19-21-13-8-15-25-18-21)17-9-16-26-22(28)14-7-12-20-10-5-4-6-11-20/h4-6,8,10-11,13,15,18H,7,9,12,14,16-17,19H2,1-3H3,(H,26,28). The average Bonchev–Trinajstić information content (AvgIpc) is 2.70. The molecule has 0 spiro atoms. The molecule has 2 amide bonds. The molecule has 0 saturated carbocycles. The second-order valence-electron chi connectivity index (χ2n) is 8.31. The zero-order valence-corrected chi connectivity index (χ0v) is 18.3. The number of ether oxygens (including phenoxy) is 1. The van der Waals surface area contributed by atoms with Crippen molar-refractivity contribution in [3.63, 3.8) is 0 Å². The fraction of sp³-hybridized carbons (Fsp3) is 0.458. The lowest BCUT2D eigenvalue weighted by molar-refractivity contribution is -0.121. The lowest BCUT2D eigenvalue weighted by Gasteiger charge is -2.27. The lowest BCUT2D eigenvalue weighted by Crippen LogP contribution is -2.38. The summed E-state index contributed by atoms with van der Waals surface area (Å²) >= 11 is 0. The smallest absolute Gasteiger partial charge is 0.410 e. The molecule has 1 N–H and O–H groups in total. The van der Waals surface area contributed by atoms with Crippen LogP contribution in [0.2, 0.25) is 0 Å². The van der Waals surface area contributed by atoms with Gasteiger partial charge in [-0.25, -0.2) is 4.79 Å². The average molecular weight is 412 g/mol. The number of hydrogen-bond donors (Lipinski definition) is 1. The predicted molar refractivity (Wildman–Crippen MR) is 118 cm³/mol. The molecule has 1 heterocycles. The molecule has 0 saturated heterocycles. The third kappa shape index (κ3) is 9.54. The van der Waals surface area contributed by atoms with Gasteiger partial charge in [-0.3, -0.25) is 9.78 Å². The highest BCUT2D eigenvalue weighted by atomic mass is 16.6. The summed E-state index contributed by atoms with van der Waals surface area (Å²) in [5, 5.41) is 2.95. The minimum atomic E-state index is -0.558. The van der Waals surface area contributed by atoms with Crippen molar-refractivity contribution in [2.24, 2.45) is 0 Å². The van der Waals surface area contributed by atoms with E-state index >= 15 is 0 Å². The number of pyridine rings is 1. The largest absolute Gasteiger partial charge is 0.444 e. The van der Waals surface area contributed by atoms with Crippen LogP contribution in [0.25, 0.3) is 0 Å². The van der Waals surface area contributed by atoms with Gasteiger partial charge in [-0.15, -0.1) is 0 Å². The van der Waals surface area contributed by atoms with Gasteiger partial charge in [0.2, 0.25) is 5.91 Å². The molecule has 2 aromatic rings. The molecular weight excluding hydrogens is 378 g/mol. The maximum Gasteiger partial charge on any atom is 0.410 e. The molecule has 30 heavy (non-hydrogen) atoms. The van der Waals surface area contributed by atoms with E-state index in [1.54, 1.807) is 17.3 Å². The Hall–Kier alpha value is -2.89. The van der Waals surface area contributed by atoms with Crippen LogP contribution in [0.4, 0.5) is 4.79 Å². The predicted octanol–water partition coefficient (Wildman–Crippen LogP) is 4.35. The van der Waals surface area contributed by atoms with E-state index in [1.165, 1.54) is 5.56 Å². The highest BCUT2D eigenvalue weighted by Gasteiger charge is 2.22. The van der Waals surface area contributed by atoms with E-state index in [2.05, 4.69) is 22.4 Å². The lowest BCUT2D eigenvalue weighted by atomic mass is 10.1. The molecule has 0 aliphatic carbocycles. The second-order valence-corrected chi connectivity index (χ2v) is 8.31. The van der Waals surface area contributed by atoms with Crippen molar-refractivity contribution in [2.45, 2.75) is 58.6 Å². The van der Waals surface area contributed by atoms with Crippen LogP contribution < -0.4 is 5.32 Å². The number of nitrogens with one attached hydrogen (secondary N) is 1. The third-order valence-corrected chi connectivity index (χ3v) is 4.39. The van der Waals surface area contributed by atoms with Gasteiger partial charge in [0.15, 0.2) is 0 Å². The van der Waals surface area contributed by atoms with E-state index in [4.69, 9.17) is 4.74 Å². The van der Waals surface area contributed by atoms with E-state index < -0.39 is 5.60 Å². The quantitative estimate of drug-likeness (QED) is 0.590. The number of amides is 2. The van der Waals surface area contributed by atoms with Crippen LogP contribution in [0.15, 0.2) is 54.9 Å². The number of hydrogen-bond acceptors (Lipinski definition) is 4. The summed E-state index contributed by atoms with van der Waals surface area (Å²) in [5.74, 6) is 0.0435. The Kier molecular flexibility index (Phi) is 9.32. The number of rotatable bonds is 10. The number of benzene rings is 1. The van der Waals surface area contributed by atoms with Crippen molar-refractivity contribution < 1.29 is 14.3 Å². The Morgan fingerprint density at radius 2 is 1.77 bits per heavy atom. The molecule has 0 radical (unpaired) electrons. The van der Waals surface area contributed by atoms with Crippen molar-refractivity contribution in [2.75, 3.05) is 13.1 Å². The first kappa shape index (κ1) is 23.4. The Morgan fingerprint density at radius 3 is 2.43 bits per heavy atom. The fourth-order valence-electron chi connectivity index (χ4n) is 2.96. The SMILES string of the molecule is CC(C)(C)OC(=O)N(CCCNC(=O)CCCc1ccccc1)Cc1cccnc1.